The van der Waals surface area contributed by atoms with Crippen LogP contribution in [0.15, 0.2) is 24.3 Å². The topological polar surface area (TPSA) is 64.3 Å². The van der Waals surface area contributed by atoms with E-state index in [0.29, 0.717) is 37.6 Å². The summed E-state index contributed by atoms with van der Waals surface area (Å²) in [6.45, 7) is 6.71. The van der Waals surface area contributed by atoms with Gasteiger partial charge in [-0.05, 0) is 36.9 Å². The number of hydrogen-bond donors (Lipinski definition) is 2. The van der Waals surface area contributed by atoms with Gasteiger partial charge in [0, 0.05) is 18.7 Å². The van der Waals surface area contributed by atoms with Gasteiger partial charge in [-0.2, -0.15) is 0 Å². The minimum Gasteiger partial charge on any atom is -0.380 e. The van der Waals surface area contributed by atoms with E-state index in [1.807, 2.05) is 24.3 Å². The molecule has 0 atom stereocenters. The molecule has 3 N–H and O–H groups in total. The number of nitrogens with two attached hydrogens (primary N) is 1. The summed E-state index contributed by atoms with van der Waals surface area (Å²) < 4.78 is 5.47. The second-order valence-corrected chi connectivity index (χ2v) is 5.25. The Morgan fingerprint density at radius 2 is 2.05 bits per heavy atom. The SMILES string of the molecule is CC(C)CCOCCNC(=O)c1ccccc1CCN. The van der Waals surface area contributed by atoms with E-state index < -0.39 is 0 Å². The maximum atomic E-state index is 12.1. The smallest absolute Gasteiger partial charge is 0.251 e. The van der Waals surface area contributed by atoms with E-state index in [1.54, 1.807) is 0 Å². The van der Waals surface area contributed by atoms with Crippen molar-refractivity contribution in [3.05, 3.63) is 35.4 Å². The Balaban J connectivity index is 2.32. The zero-order valence-corrected chi connectivity index (χ0v) is 12.5. The molecule has 1 aromatic rings. The molecule has 0 saturated heterocycles. The Labute approximate surface area is 121 Å². The molecule has 0 aliphatic rings. The first-order valence-corrected chi connectivity index (χ1v) is 7.29. The van der Waals surface area contributed by atoms with Crippen molar-refractivity contribution < 1.29 is 9.53 Å². The van der Waals surface area contributed by atoms with Crippen LogP contribution in [0.4, 0.5) is 0 Å². The van der Waals surface area contributed by atoms with E-state index in [0.717, 1.165) is 18.6 Å². The average Bonchev–Trinajstić information content (AvgIpc) is 2.43. The largest absolute Gasteiger partial charge is 0.380 e. The van der Waals surface area contributed by atoms with E-state index in [-0.39, 0.29) is 5.91 Å². The third-order valence-corrected chi connectivity index (χ3v) is 3.05. The van der Waals surface area contributed by atoms with Crippen LogP contribution in [0.3, 0.4) is 0 Å². The molecular weight excluding hydrogens is 252 g/mol. The van der Waals surface area contributed by atoms with Crippen molar-refractivity contribution in [2.75, 3.05) is 26.3 Å². The van der Waals surface area contributed by atoms with Gasteiger partial charge in [-0.25, -0.2) is 0 Å². The summed E-state index contributed by atoms with van der Waals surface area (Å²) in [7, 11) is 0. The quantitative estimate of drug-likeness (QED) is 0.679. The number of amides is 1. The number of ether oxygens (including phenoxy) is 1. The highest BCUT2D eigenvalue weighted by Crippen LogP contribution is 2.08. The summed E-state index contributed by atoms with van der Waals surface area (Å²) in [5.41, 5.74) is 7.26. The second-order valence-electron chi connectivity index (χ2n) is 5.25. The molecule has 0 aliphatic carbocycles. The van der Waals surface area contributed by atoms with Crippen LogP contribution in [0.25, 0.3) is 0 Å². The molecule has 0 bridgehead atoms. The van der Waals surface area contributed by atoms with Gasteiger partial charge >= 0.3 is 0 Å². The molecule has 112 valence electrons. The van der Waals surface area contributed by atoms with Crippen LogP contribution in [-0.4, -0.2) is 32.2 Å². The normalized spacial score (nSPS) is 10.8. The van der Waals surface area contributed by atoms with Crippen LogP contribution in [0.5, 0.6) is 0 Å². The Bertz CT molecular complexity index is 405. The molecule has 0 saturated carbocycles. The molecular formula is C16H26N2O2. The van der Waals surface area contributed by atoms with E-state index in [4.69, 9.17) is 10.5 Å². The summed E-state index contributed by atoms with van der Waals surface area (Å²) in [6.07, 6.45) is 1.77. The molecule has 0 unspecified atom stereocenters. The Morgan fingerprint density at radius 3 is 2.75 bits per heavy atom. The van der Waals surface area contributed by atoms with Crippen molar-refractivity contribution >= 4 is 5.91 Å². The Hall–Kier alpha value is -1.39. The van der Waals surface area contributed by atoms with Gasteiger partial charge in [-0.15, -0.1) is 0 Å². The highest BCUT2D eigenvalue weighted by molar-refractivity contribution is 5.95. The van der Waals surface area contributed by atoms with E-state index >= 15 is 0 Å². The molecule has 0 fully saturated rings. The van der Waals surface area contributed by atoms with Crippen LogP contribution in [0.2, 0.25) is 0 Å². The monoisotopic (exact) mass is 278 g/mol. The predicted octanol–water partition coefficient (Wildman–Crippen LogP) is 1.98. The molecule has 0 heterocycles. The lowest BCUT2D eigenvalue weighted by Gasteiger charge is -2.10. The zero-order chi connectivity index (χ0) is 14.8. The van der Waals surface area contributed by atoms with E-state index in [2.05, 4.69) is 19.2 Å². The van der Waals surface area contributed by atoms with Crippen molar-refractivity contribution in [3.63, 3.8) is 0 Å². The molecule has 1 aromatic carbocycles. The van der Waals surface area contributed by atoms with Gasteiger partial charge in [0.1, 0.15) is 0 Å². The first-order chi connectivity index (χ1) is 9.65. The number of hydrogen-bond acceptors (Lipinski definition) is 3. The minimum absolute atomic E-state index is 0.0542. The summed E-state index contributed by atoms with van der Waals surface area (Å²) in [5, 5.41) is 2.88. The van der Waals surface area contributed by atoms with Crippen LogP contribution in [0, 0.1) is 5.92 Å². The number of rotatable bonds is 9. The predicted molar refractivity (Wildman–Crippen MR) is 81.8 cm³/mol. The number of nitrogens with one attached hydrogen (secondary N) is 1. The van der Waals surface area contributed by atoms with Crippen LogP contribution < -0.4 is 11.1 Å². The second kappa shape index (κ2) is 9.50. The van der Waals surface area contributed by atoms with Crippen LogP contribution >= 0.6 is 0 Å². The van der Waals surface area contributed by atoms with Crippen molar-refractivity contribution in [2.24, 2.45) is 11.7 Å². The van der Waals surface area contributed by atoms with E-state index in [9.17, 15) is 4.79 Å². The fourth-order valence-electron chi connectivity index (χ4n) is 1.87. The van der Waals surface area contributed by atoms with Gasteiger partial charge in [0.05, 0.1) is 6.61 Å². The summed E-state index contributed by atoms with van der Waals surface area (Å²) in [6, 6.07) is 7.58. The molecule has 4 nitrogen and oxygen atoms in total. The van der Waals surface area contributed by atoms with Crippen molar-refractivity contribution in [1.82, 2.24) is 5.32 Å². The highest BCUT2D eigenvalue weighted by atomic mass is 16.5. The number of benzene rings is 1. The molecule has 0 spiro atoms. The lowest BCUT2D eigenvalue weighted by molar-refractivity contribution is 0.0905. The number of carbonyl (C=O) groups is 1. The van der Waals surface area contributed by atoms with E-state index in [1.165, 1.54) is 0 Å². The molecule has 0 aliphatic heterocycles. The van der Waals surface area contributed by atoms with Gasteiger partial charge in [0.2, 0.25) is 0 Å². The van der Waals surface area contributed by atoms with Gasteiger partial charge < -0.3 is 15.8 Å². The molecule has 20 heavy (non-hydrogen) atoms. The third kappa shape index (κ3) is 6.17. The first kappa shape index (κ1) is 16.7. The zero-order valence-electron chi connectivity index (χ0n) is 12.5. The van der Waals surface area contributed by atoms with Crippen LogP contribution in [0.1, 0.15) is 36.2 Å². The minimum atomic E-state index is -0.0542. The molecule has 1 rings (SSSR count). The fraction of sp³-hybridized carbons (Fsp3) is 0.562. The lowest BCUT2D eigenvalue weighted by atomic mass is 10.0. The molecule has 4 heteroatoms. The highest BCUT2D eigenvalue weighted by Gasteiger charge is 2.09. The van der Waals surface area contributed by atoms with Crippen LogP contribution in [-0.2, 0) is 11.2 Å². The first-order valence-electron chi connectivity index (χ1n) is 7.29. The number of carbonyl (C=O) groups excluding carboxylic acids is 1. The molecule has 0 aromatic heterocycles. The maximum Gasteiger partial charge on any atom is 0.251 e. The third-order valence-electron chi connectivity index (χ3n) is 3.05. The van der Waals surface area contributed by atoms with Crippen molar-refractivity contribution in [2.45, 2.75) is 26.7 Å². The van der Waals surface area contributed by atoms with Gasteiger partial charge in [0.25, 0.3) is 5.91 Å². The van der Waals surface area contributed by atoms with Crippen molar-refractivity contribution in [1.29, 1.82) is 0 Å². The molecule has 0 radical (unpaired) electrons. The van der Waals surface area contributed by atoms with Gasteiger partial charge in [0.15, 0.2) is 0 Å². The van der Waals surface area contributed by atoms with Gasteiger partial charge in [-0.3, -0.25) is 4.79 Å². The molecule has 1 amide bonds. The summed E-state index contributed by atoms with van der Waals surface area (Å²) in [4.78, 5) is 12.1. The van der Waals surface area contributed by atoms with Gasteiger partial charge in [-0.1, -0.05) is 32.0 Å². The average molecular weight is 278 g/mol. The summed E-state index contributed by atoms with van der Waals surface area (Å²) in [5.74, 6) is 0.592. The Kier molecular flexibility index (Phi) is 7.92. The maximum absolute atomic E-state index is 12.1. The Morgan fingerprint density at radius 1 is 1.30 bits per heavy atom. The summed E-state index contributed by atoms with van der Waals surface area (Å²) >= 11 is 0. The standard InChI is InChI=1S/C16H26N2O2/c1-13(2)8-11-20-12-10-18-16(19)15-6-4-3-5-14(15)7-9-17/h3-6,13H,7-12,17H2,1-2H3,(H,18,19). The fourth-order valence-corrected chi connectivity index (χ4v) is 1.87. The lowest BCUT2D eigenvalue weighted by Crippen LogP contribution is -2.28. The van der Waals surface area contributed by atoms with Crippen molar-refractivity contribution in [3.8, 4) is 0 Å².